The smallest absolute Gasteiger partial charge is 0.390 e. The summed E-state index contributed by atoms with van der Waals surface area (Å²) < 4.78 is 11.3. The molecule has 89 valence electrons. The first-order valence-electron chi connectivity index (χ1n) is 6.14. The second-order valence-electron chi connectivity index (χ2n) is 3.56. The molecule has 0 saturated heterocycles. The van der Waals surface area contributed by atoms with Gasteiger partial charge >= 0.3 is 9.28 Å². The largest absolute Gasteiger partial charge is 0.415 e. The predicted octanol–water partition coefficient (Wildman–Crippen LogP) is 3.61. The standard InChI is InChI=1S/C12H25O2Si/c1-4-7-8-9-12-15(13-10-5-2)14-11-6-3/h9,12H,4-8,10-11H2,1-3H3. The molecule has 0 unspecified atom stereocenters. The van der Waals surface area contributed by atoms with Gasteiger partial charge in [0.05, 0.1) is 0 Å². The minimum absolute atomic E-state index is 0.816. The molecule has 0 aliphatic rings. The van der Waals surface area contributed by atoms with Crippen LogP contribution in [0.1, 0.15) is 52.9 Å². The highest BCUT2D eigenvalue weighted by molar-refractivity contribution is 6.50. The third kappa shape index (κ3) is 10.2. The Kier molecular flexibility index (Phi) is 11.9. The molecule has 0 N–H and O–H groups in total. The fourth-order valence-corrected chi connectivity index (χ4v) is 2.49. The first-order valence-corrected chi connectivity index (χ1v) is 7.53. The van der Waals surface area contributed by atoms with Crippen molar-refractivity contribution < 1.29 is 8.85 Å². The van der Waals surface area contributed by atoms with Gasteiger partial charge in [-0.3, -0.25) is 0 Å². The summed E-state index contributed by atoms with van der Waals surface area (Å²) >= 11 is 0. The monoisotopic (exact) mass is 229 g/mol. The van der Waals surface area contributed by atoms with Crippen molar-refractivity contribution in [1.82, 2.24) is 0 Å². The zero-order valence-corrected chi connectivity index (χ0v) is 11.4. The predicted molar refractivity (Wildman–Crippen MR) is 66.9 cm³/mol. The molecule has 0 fully saturated rings. The molecule has 0 heterocycles. The Bertz CT molecular complexity index is 141. The highest BCUT2D eigenvalue weighted by atomic mass is 28.3. The molecule has 0 aromatic heterocycles. The van der Waals surface area contributed by atoms with E-state index in [2.05, 4.69) is 32.5 Å². The van der Waals surface area contributed by atoms with Crippen molar-refractivity contribution >= 4 is 9.28 Å². The second kappa shape index (κ2) is 11.9. The zero-order valence-electron chi connectivity index (χ0n) is 10.4. The molecule has 0 aliphatic carbocycles. The lowest BCUT2D eigenvalue weighted by Gasteiger charge is -2.10. The molecule has 0 saturated carbocycles. The van der Waals surface area contributed by atoms with Crippen LogP contribution >= 0.6 is 0 Å². The summed E-state index contributed by atoms with van der Waals surface area (Å²) in [6, 6.07) is 0. The molecule has 1 radical (unpaired) electrons. The highest BCUT2D eigenvalue weighted by Crippen LogP contribution is 1.99. The number of allylic oxidation sites excluding steroid dienone is 1. The quantitative estimate of drug-likeness (QED) is 0.421. The third-order valence-electron chi connectivity index (χ3n) is 1.88. The van der Waals surface area contributed by atoms with E-state index in [-0.39, 0.29) is 0 Å². The normalized spacial score (nSPS) is 11.7. The van der Waals surface area contributed by atoms with Gasteiger partial charge in [0.15, 0.2) is 0 Å². The minimum Gasteiger partial charge on any atom is -0.390 e. The van der Waals surface area contributed by atoms with E-state index in [4.69, 9.17) is 8.85 Å². The fourth-order valence-electron chi connectivity index (χ4n) is 1.04. The van der Waals surface area contributed by atoms with Gasteiger partial charge in [-0.1, -0.05) is 39.7 Å². The summed E-state index contributed by atoms with van der Waals surface area (Å²) in [6.45, 7) is 8.09. The summed E-state index contributed by atoms with van der Waals surface area (Å²) in [5.41, 5.74) is 2.14. The van der Waals surface area contributed by atoms with Gasteiger partial charge in [-0.25, -0.2) is 0 Å². The highest BCUT2D eigenvalue weighted by Gasteiger charge is 2.09. The van der Waals surface area contributed by atoms with Gasteiger partial charge in [-0.2, -0.15) is 0 Å². The SMILES string of the molecule is CCCCC=C[Si](OCCC)OCCC. The molecule has 2 nitrogen and oxygen atoms in total. The van der Waals surface area contributed by atoms with E-state index < -0.39 is 9.28 Å². The van der Waals surface area contributed by atoms with E-state index in [0.29, 0.717) is 0 Å². The van der Waals surface area contributed by atoms with Crippen molar-refractivity contribution in [3.8, 4) is 0 Å². The number of hydrogen-bond acceptors (Lipinski definition) is 2. The maximum absolute atomic E-state index is 5.67. The van der Waals surface area contributed by atoms with Crippen LogP contribution < -0.4 is 0 Å². The summed E-state index contributed by atoms with van der Waals surface area (Å²) in [7, 11) is -1.13. The number of hydrogen-bond donors (Lipinski definition) is 0. The molecule has 3 heteroatoms. The van der Waals surface area contributed by atoms with Crippen molar-refractivity contribution in [3.05, 3.63) is 11.8 Å². The molecule has 0 bridgehead atoms. The summed E-state index contributed by atoms with van der Waals surface area (Å²) in [5.74, 6) is 0. The summed E-state index contributed by atoms with van der Waals surface area (Å²) in [5, 5.41) is 0. The van der Waals surface area contributed by atoms with Gasteiger partial charge in [0.1, 0.15) is 0 Å². The second-order valence-corrected chi connectivity index (χ2v) is 5.11. The van der Waals surface area contributed by atoms with Crippen LogP contribution in [0.15, 0.2) is 11.8 Å². The molecule has 0 spiro atoms. The van der Waals surface area contributed by atoms with Crippen molar-refractivity contribution in [1.29, 1.82) is 0 Å². The van der Waals surface area contributed by atoms with Gasteiger partial charge < -0.3 is 8.85 Å². The van der Waals surface area contributed by atoms with E-state index in [0.717, 1.165) is 32.5 Å². The van der Waals surface area contributed by atoms with Crippen molar-refractivity contribution in [2.45, 2.75) is 52.9 Å². The minimum atomic E-state index is -1.13. The molecule has 0 aromatic carbocycles. The molecule has 15 heavy (non-hydrogen) atoms. The molecule has 0 rings (SSSR count). The summed E-state index contributed by atoms with van der Waals surface area (Å²) in [6.07, 6.45) is 7.99. The van der Waals surface area contributed by atoms with Crippen LogP contribution in [-0.4, -0.2) is 22.5 Å². The average Bonchev–Trinajstić information content (AvgIpc) is 2.27. The lowest BCUT2D eigenvalue weighted by atomic mass is 10.2. The average molecular weight is 229 g/mol. The van der Waals surface area contributed by atoms with Crippen LogP contribution in [0.25, 0.3) is 0 Å². The Morgan fingerprint density at radius 2 is 1.53 bits per heavy atom. The van der Waals surface area contributed by atoms with Gasteiger partial charge in [0, 0.05) is 13.2 Å². The van der Waals surface area contributed by atoms with Crippen LogP contribution in [0.2, 0.25) is 0 Å². The molecule has 0 atom stereocenters. The Morgan fingerprint density at radius 3 is 2.00 bits per heavy atom. The number of unbranched alkanes of at least 4 members (excludes halogenated alkanes) is 2. The molecular formula is C12H25O2Si. The van der Waals surface area contributed by atoms with Gasteiger partial charge in [0.2, 0.25) is 0 Å². The Hall–Kier alpha value is -0.123. The van der Waals surface area contributed by atoms with E-state index >= 15 is 0 Å². The topological polar surface area (TPSA) is 18.5 Å². The molecular weight excluding hydrogens is 204 g/mol. The number of rotatable bonds is 10. The molecule has 0 aromatic rings. The van der Waals surface area contributed by atoms with Gasteiger partial charge in [-0.05, 0) is 25.0 Å². The fraction of sp³-hybridized carbons (Fsp3) is 0.833. The van der Waals surface area contributed by atoms with E-state index in [1.807, 2.05) is 0 Å². The molecule has 0 aliphatic heterocycles. The van der Waals surface area contributed by atoms with Crippen LogP contribution in [0.5, 0.6) is 0 Å². The zero-order chi connectivity index (χ0) is 11.4. The Morgan fingerprint density at radius 1 is 0.933 bits per heavy atom. The van der Waals surface area contributed by atoms with Crippen LogP contribution in [0, 0.1) is 0 Å². The van der Waals surface area contributed by atoms with Crippen molar-refractivity contribution in [2.24, 2.45) is 0 Å². The third-order valence-corrected chi connectivity index (χ3v) is 3.36. The van der Waals surface area contributed by atoms with Crippen molar-refractivity contribution in [2.75, 3.05) is 13.2 Å². The first-order chi connectivity index (χ1) is 7.35. The summed E-state index contributed by atoms with van der Waals surface area (Å²) in [4.78, 5) is 0. The Labute approximate surface area is 96.5 Å². The maximum atomic E-state index is 5.67. The van der Waals surface area contributed by atoms with Crippen molar-refractivity contribution in [3.63, 3.8) is 0 Å². The Balaban J connectivity index is 3.71. The lowest BCUT2D eigenvalue weighted by molar-refractivity contribution is 0.206. The first kappa shape index (κ1) is 14.9. The van der Waals surface area contributed by atoms with E-state index in [1.165, 1.54) is 12.8 Å². The van der Waals surface area contributed by atoms with Gasteiger partial charge in [-0.15, -0.1) is 0 Å². The van der Waals surface area contributed by atoms with Gasteiger partial charge in [0.25, 0.3) is 0 Å². The van der Waals surface area contributed by atoms with E-state index in [9.17, 15) is 0 Å². The van der Waals surface area contributed by atoms with Crippen LogP contribution in [-0.2, 0) is 8.85 Å². The lowest BCUT2D eigenvalue weighted by Crippen LogP contribution is -2.21. The molecule has 0 amide bonds. The maximum Gasteiger partial charge on any atom is 0.415 e. The van der Waals surface area contributed by atoms with Crippen LogP contribution in [0.3, 0.4) is 0 Å². The van der Waals surface area contributed by atoms with Crippen LogP contribution in [0.4, 0.5) is 0 Å². The van der Waals surface area contributed by atoms with E-state index in [1.54, 1.807) is 0 Å².